The molecule has 25 heavy (non-hydrogen) atoms. The number of aryl methyl sites for hydroxylation is 1. The smallest absolute Gasteiger partial charge is 0.355 e. The number of piperidine rings is 1. The lowest BCUT2D eigenvalue weighted by molar-refractivity contribution is -0.141. The van der Waals surface area contributed by atoms with Crippen LogP contribution in [0, 0.1) is 6.92 Å². The number of likely N-dealkylation sites (N-methyl/N-ethyl adjacent to an activating group) is 1. The molecular weight excluding hydrogens is 333 g/mol. The van der Waals surface area contributed by atoms with Crippen LogP contribution >= 0.6 is 0 Å². The zero-order valence-corrected chi connectivity index (χ0v) is 14.0. The van der Waals surface area contributed by atoms with Gasteiger partial charge in [0.05, 0.1) is 5.69 Å². The Kier molecular flexibility index (Phi) is 4.73. The summed E-state index contributed by atoms with van der Waals surface area (Å²) in [6.07, 6.45) is -1.73. The fourth-order valence-electron chi connectivity index (χ4n) is 2.92. The summed E-state index contributed by atoms with van der Waals surface area (Å²) >= 11 is 0. The Morgan fingerprint density at radius 1 is 1.20 bits per heavy atom. The fraction of sp³-hybridized carbons (Fsp3) is 0.500. The van der Waals surface area contributed by atoms with Gasteiger partial charge < -0.3 is 9.80 Å². The van der Waals surface area contributed by atoms with E-state index in [0.29, 0.717) is 6.54 Å². The summed E-state index contributed by atoms with van der Waals surface area (Å²) < 4.78 is 38.6. The Morgan fingerprint density at radius 2 is 2.00 bits per heavy atom. The molecule has 3 rings (SSSR count). The number of aromatic nitrogens is 4. The summed E-state index contributed by atoms with van der Waals surface area (Å²) in [5, 5.41) is 8.27. The van der Waals surface area contributed by atoms with Crippen molar-refractivity contribution in [3.63, 3.8) is 0 Å². The molecule has 2 aromatic rings. The van der Waals surface area contributed by atoms with Gasteiger partial charge in [-0.25, -0.2) is 9.97 Å². The van der Waals surface area contributed by atoms with Crippen LogP contribution in [0.4, 0.5) is 24.8 Å². The molecule has 9 heteroatoms. The number of hydrogen-bond acceptors (Lipinski definition) is 6. The van der Waals surface area contributed by atoms with Crippen LogP contribution in [0.25, 0.3) is 0 Å². The average molecular weight is 352 g/mol. The first kappa shape index (κ1) is 17.4. The quantitative estimate of drug-likeness (QED) is 0.847. The second kappa shape index (κ2) is 6.81. The monoisotopic (exact) mass is 352 g/mol. The molecule has 1 aliphatic rings. The maximum atomic E-state index is 12.9. The standard InChI is InChI=1S/C16H19F3N6/c1-11-5-6-14(23-22-11)25-7-3-4-12(9-25)24(2)15-8-13(16(17,18)19)20-10-21-15/h5-6,8,10,12H,3-4,7,9H2,1-2H3. The number of nitrogens with zero attached hydrogens (tertiary/aromatic N) is 6. The molecule has 0 aromatic carbocycles. The lowest BCUT2D eigenvalue weighted by Crippen LogP contribution is -2.47. The lowest BCUT2D eigenvalue weighted by Gasteiger charge is -2.38. The number of rotatable bonds is 3. The van der Waals surface area contributed by atoms with E-state index in [1.165, 1.54) is 0 Å². The zero-order valence-electron chi connectivity index (χ0n) is 14.0. The van der Waals surface area contributed by atoms with Crippen LogP contribution in [0.15, 0.2) is 24.5 Å². The molecule has 0 N–H and O–H groups in total. The van der Waals surface area contributed by atoms with Gasteiger partial charge >= 0.3 is 6.18 Å². The maximum Gasteiger partial charge on any atom is 0.433 e. The minimum atomic E-state index is -4.48. The van der Waals surface area contributed by atoms with Gasteiger partial charge in [0.15, 0.2) is 5.82 Å². The summed E-state index contributed by atoms with van der Waals surface area (Å²) in [6.45, 7) is 3.37. The SMILES string of the molecule is Cc1ccc(N2CCCC(N(C)c3cc(C(F)(F)F)ncn3)C2)nn1. The molecule has 1 fully saturated rings. The molecule has 1 aliphatic heterocycles. The third-order valence-corrected chi connectivity index (χ3v) is 4.36. The van der Waals surface area contributed by atoms with Gasteiger partial charge in [-0.2, -0.15) is 18.3 Å². The van der Waals surface area contributed by atoms with Crippen LogP contribution in [-0.4, -0.2) is 46.3 Å². The van der Waals surface area contributed by atoms with Crippen molar-refractivity contribution in [3.8, 4) is 0 Å². The predicted octanol–water partition coefficient (Wildman–Crippen LogP) is 2.70. The van der Waals surface area contributed by atoms with E-state index in [0.717, 1.165) is 43.3 Å². The zero-order chi connectivity index (χ0) is 18.0. The van der Waals surface area contributed by atoms with Gasteiger partial charge in [0.2, 0.25) is 0 Å². The van der Waals surface area contributed by atoms with Crippen molar-refractivity contribution in [2.75, 3.05) is 29.9 Å². The maximum absolute atomic E-state index is 12.9. The molecule has 1 saturated heterocycles. The largest absolute Gasteiger partial charge is 0.433 e. The molecule has 2 aromatic heterocycles. The third-order valence-electron chi connectivity index (χ3n) is 4.36. The topological polar surface area (TPSA) is 58.0 Å². The summed E-state index contributed by atoms with van der Waals surface area (Å²) in [7, 11) is 1.76. The van der Waals surface area contributed by atoms with Gasteiger partial charge in [-0.3, -0.25) is 0 Å². The van der Waals surface area contributed by atoms with Crippen LogP contribution in [0.3, 0.4) is 0 Å². The van der Waals surface area contributed by atoms with Gasteiger partial charge in [0.25, 0.3) is 0 Å². The van der Waals surface area contributed by atoms with Crippen LogP contribution in [0.2, 0.25) is 0 Å². The number of anilines is 2. The van der Waals surface area contributed by atoms with E-state index in [2.05, 4.69) is 25.1 Å². The molecule has 0 aliphatic carbocycles. The van der Waals surface area contributed by atoms with E-state index in [4.69, 9.17) is 0 Å². The van der Waals surface area contributed by atoms with Crippen molar-refractivity contribution >= 4 is 11.6 Å². The predicted molar refractivity (Wildman–Crippen MR) is 87.4 cm³/mol. The molecular formula is C16H19F3N6. The number of alkyl halides is 3. The molecule has 0 bridgehead atoms. The number of halogens is 3. The fourth-order valence-corrected chi connectivity index (χ4v) is 2.92. The van der Waals surface area contributed by atoms with Crippen molar-refractivity contribution in [1.29, 1.82) is 0 Å². The van der Waals surface area contributed by atoms with Gasteiger partial charge in [0, 0.05) is 32.2 Å². The molecule has 3 heterocycles. The molecule has 1 unspecified atom stereocenters. The van der Waals surface area contributed by atoms with Crippen molar-refractivity contribution in [2.24, 2.45) is 0 Å². The minimum absolute atomic E-state index is 0.0350. The molecule has 0 spiro atoms. The molecule has 0 saturated carbocycles. The van der Waals surface area contributed by atoms with E-state index in [1.807, 2.05) is 19.1 Å². The molecule has 1 atom stereocenters. The normalized spacial score (nSPS) is 18.3. The van der Waals surface area contributed by atoms with Crippen molar-refractivity contribution in [3.05, 3.63) is 35.9 Å². The van der Waals surface area contributed by atoms with Crippen molar-refractivity contribution in [1.82, 2.24) is 20.2 Å². The molecule has 0 radical (unpaired) electrons. The first-order valence-corrected chi connectivity index (χ1v) is 8.02. The Labute approximate surface area is 143 Å². The highest BCUT2D eigenvalue weighted by Gasteiger charge is 2.34. The highest BCUT2D eigenvalue weighted by molar-refractivity contribution is 5.43. The van der Waals surface area contributed by atoms with Crippen LogP contribution in [0.1, 0.15) is 24.2 Å². The summed E-state index contributed by atoms with van der Waals surface area (Å²) in [6, 6.07) is 4.84. The third kappa shape index (κ3) is 3.97. The molecule has 134 valence electrons. The van der Waals surface area contributed by atoms with Gasteiger partial charge in [-0.15, -0.1) is 5.10 Å². The minimum Gasteiger partial charge on any atom is -0.355 e. The van der Waals surface area contributed by atoms with Gasteiger partial charge in [-0.1, -0.05) is 0 Å². The van der Waals surface area contributed by atoms with Gasteiger partial charge in [-0.05, 0) is 31.9 Å². The first-order valence-electron chi connectivity index (χ1n) is 8.02. The van der Waals surface area contributed by atoms with Crippen molar-refractivity contribution < 1.29 is 13.2 Å². The molecule has 6 nitrogen and oxygen atoms in total. The summed E-state index contributed by atoms with van der Waals surface area (Å²) in [4.78, 5) is 11.2. The van der Waals surface area contributed by atoms with E-state index >= 15 is 0 Å². The first-order chi connectivity index (χ1) is 11.8. The van der Waals surface area contributed by atoms with Gasteiger partial charge in [0.1, 0.15) is 17.8 Å². The van der Waals surface area contributed by atoms with Crippen LogP contribution < -0.4 is 9.80 Å². The van der Waals surface area contributed by atoms with Crippen LogP contribution in [0.5, 0.6) is 0 Å². The summed E-state index contributed by atoms with van der Waals surface area (Å²) in [5.74, 6) is 1.05. The number of hydrogen-bond donors (Lipinski definition) is 0. The Balaban J connectivity index is 1.76. The van der Waals surface area contributed by atoms with E-state index in [-0.39, 0.29) is 11.9 Å². The van der Waals surface area contributed by atoms with Crippen LogP contribution in [-0.2, 0) is 6.18 Å². The van der Waals surface area contributed by atoms with E-state index in [1.54, 1.807) is 11.9 Å². The second-order valence-electron chi connectivity index (χ2n) is 6.15. The lowest BCUT2D eigenvalue weighted by atomic mass is 10.0. The van der Waals surface area contributed by atoms with E-state index in [9.17, 15) is 13.2 Å². The van der Waals surface area contributed by atoms with Crippen molar-refractivity contribution in [2.45, 2.75) is 32.0 Å². The Morgan fingerprint density at radius 3 is 2.68 bits per heavy atom. The molecule has 0 amide bonds. The average Bonchev–Trinajstić information content (AvgIpc) is 2.61. The Bertz CT molecular complexity index is 719. The van der Waals surface area contributed by atoms with E-state index < -0.39 is 11.9 Å². The highest BCUT2D eigenvalue weighted by atomic mass is 19.4. The Hall–Kier alpha value is -2.45. The second-order valence-corrected chi connectivity index (χ2v) is 6.15. The summed E-state index contributed by atoms with van der Waals surface area (Å²) in [5.41, 5.74) is -0.0866. The highest BCUT2D eigenvalue weighted by Crippen LogP contribution is 2.30.